The van der Waals surface area contributed by atoms with E-state index in [-0.39, 0.29) is 0 Å². The predicted octanol–water partition coefficient (Wildman–Crippen LogP) is 14.6. The van der Waals surface area contributed by atoms with Crippen molar-refractivity contribution in [3.63, 3.8) is 0 Å². The molecule has 1 amide bonds. The number of hydrogen-bond acceptors (Lipinski definition) is 5. The molecule has 0 saturated heterocycles. The fourth-order valence-electron chi connectivity index (χ4n) is 7.97. The van der Waals surface area contributed by atoms with Gasteiger partial charge in [-0.1, -0.05) is 222 Å². The maximum atomic E-state index is 12.5. The zero-order valence-corrected chi connectivity index (χ0v) is 39.7. The second kappa shape index (κ2) is 48.3. The number of aliphatic hydroxyl groups excluding tert-OH is 4. The Morgan fingerprint density at radius 2 is 0.767 bits per heavy atom. The van der Waals surface area contributed by atoms with Crippen molar-refractivity contribution in [1.82, 2.24) is 5.32 Å². The van der Waals surface area contributed by atoms with E-state index in [0.717, 1.165) is 51.4 Å². The normalized spacial score (nSPS) is 14.3. The molecule has 5 N–H and O–H groups in total. The molecule has 4 unspecified atom stereocenters. The van der Waals surface area contributed by atoms with Crippen LogP contribution in [0.25, 0.3) is 0 Å². The molecule has 0 radical (unpaired) electrons. The van der Waals surface area contributed by atoms with Gasteiger partial charge in [0.2, 0.25) is 5.91 Å². The molecule has 0 fully saturated rings. The number of carbonyl (C=O) groups is 1. The Labute approximate surface area is 372 Å². The largest absolute Gasteiger partial charge is 0.394 e. The number of hydrogen-bond donors (Lipinski definition) is 5. The summed E-state index contributed by atoms with van der Waals surface area (Å²) in [6.07, 6.45) is 60.6. The molecular weight excluding hydrogens is 743 g/mol. The van der Waals surface area contributed by atoms with Crippen LogP contribution in [0.1, 0.15) is 258 Å². The molecule has 0 aliphatic carbocycles. The van der Waals surface area contributed by atoms with Crippen LogP contribution in [0.15, 0.2) is 48.6 Å². The smallest absolute Gasteiger partial charge is 0.249 e. The van der Waals surface area contributed by atoms with Gasteiger partial charge in [-0.25, -0.2) is 0 Å². The van der Waals surface area contributed by atoms with Crippen LogP contribution >= 0.6 is 0 Å². The lowest BCUT2D eigenvalue weighted by atomic mass is 10.00. The second-order valence-electron chi connectivity index (χ2n) is 17.9. The highest BCUT2D eigenvalue weighted by Crippen LogP contribution is 2.17. The van der Waals surface area contributed by atoms with Gasteiger partial charge in [0.1, 0.15) is 12.2 Å². The van der Waals surface area contributed by atoms with Crippen LogP contribution in [0, 0.1) is 0 Å². The molecule has 6 nitrogen and oxygen atoms in total. The van der Waals surface area contributed by atoms with Gasteiger partial charge in [-0.3, -0.25) is 4.79 Å². The van der Waals surface area contributed by atoms with Crippen LogP contribution in [0.5, 0.6) is 0 Å². The van der Waals surface area contributed by atoms with Crippen molar-refractivity contribution in [1.29, 1.82) is 0 Å². The molecule has 60 heavy (non-hydrogen) atoms. The third-order valence-corrected chi connectivity index (χ3v) is 12.1. The van der Waals surface area contributed by atoms with E-state index in [1.807, 2.05) is 6.92 Å². The summed E-state index contributed by atoms with van der Waals surface area (Å²) in [5.74, 6) is -0.600. The predicted molar refractivity (Wildman–Crippen MR) is 260 cm³/mol. The number of aliphatic hydroxyl groups is 4. The van der Waals surface area contributed by atoms with Gasteiger partial charge in [0.15, 0.2) is 0 Å². The van der Waals surface area contributed by atoms with Crippen molar-refractivity contribution in [3.05, 3.63) is 48.6 Å². The lowest BCUT2D eigenvalue weighted by molar-refractivity contribution is -0.132. The van der Waals surface area contributed by atoms with E-state index in [4.69, 9.17) is 0 Å². The zero-order valence-electron chi connectivity index (χ0n) is 39.7. The lowest BCUT2D eigenvalue weighted by Crippen LogP contribution is -2.53. The number of unbranched alkanes of at least 4 members (excludes halogenated alkanes) is 31. The standard InChI is InChI=1S/C54H101NO5/c1-3-5-7-9-11-13-15-17-18-19-20-21-22-23-24-25-26-27-28-29-30-31-32-33-34-35-36-38-40-42-44-46-48-52(58)54(60)55-50(49-56)53(59)51(57)47-45-43-41-39-37-16-14-12-10-8-6-4-2/h4,6,12,14,23-24,39,41,50-53,56-59H,3,5,7-11,13,15-22,25-38,40,42-49H2,1-2H3,(H,55,60)/b6-4+,14-12+,24-23-,41-39+. The minimum Gasteiger partial charge on any atom is -0.394 e. The Morgan fingerprint density at radius 3 is 1.15 bits per heavy atom. The average molecular weight is 844 g/mol. The summed E-state index contributed by atoms with van der Waals surface area (Å²) < 4.78 is 0. The Bertz CT molecular complexity index is 993. The third kappa shape index (κ3) is 41.6. The third-order valence-electron chi connectivity index (χ3n) is 12.1. The minimum atomic E-state index is -1.29. The maximum absolute atomic E-state index is 12.5. The number of amides is 1. The van der Waals surface area contributed by atoms with E-state index in [0.29, 0.717) is 19.3 Å². The molecule has 0 aromatic carbocycles. The molecule has 6 heteroatoms. The van der Waals surface area contributed by atoms with Crippen LogP contribution in [0.3, 0.4) is 0 Å². The van der Waals surface area contributed by atoms with Crippen LogP contribution in [-0.4, -0.2) is 57.3 Å². The Balaban J connectivity index is 3.58. The van der Waals surface area contributed by atoms with Crippen molar-refractivity contribution >= 4 is 5.91 Å². The Hall–Kier alpha value is -1.73. The highest BCUT2D eigenvalue weighted by Gasteiger charge is 2.28. The van der Waals surface area contributed by atoms with E-state index >= 15 is 0 Å². The summed E-state index contributed by atoms with van der Waals surface area (Å²) in [4.78, 5) is 12.5. The van der Waals surface area contributed by atoms with Crippen LogP contribution in [0.4, 0.5) is 0 Å². The molecule has 4 atom stereocenters. The SMILES string of the molecule is C/C=C/CC/C=C/CC/C=C/CCCC(O)C(O)C(CO)NC(=O)C(O)CCCCCCCCCCCCCCCCCC/C=C\CCCCCCCCCCCCCC. The first-order valence-electron chi connectivity index (χ1n) is 26.0. The molecule has 0 spiro atoms. The van der Waals surface area contributed by atoms with Crippen molar-refractivity contribution in [3.8, 4) is 0 Å². The van der Waals surface area contributed by atoms with Gasteiger partial charge in [0, 0.05) is 0 Å². The first kappa shape index (κ1) is 58.3. The summed E-state index contributed by atoms with van der Waals surface area (Å²) in [5.41, 5.74) is 0. The van der Waals surface area contributed by atoms with Crippen molar-refractivity contribution in [2.24, 2.45) is 0 Å². The van der Waals surface area contributed by atoms with E-state index < -0.39 is 36.9 Å². The van der Waals surface area contributed by atoms with Crippen molar-refractivity contribution < 1.29 is 25.2 Å². The van der Waals surface area contributed by atoms with Gasteiger partial charge >= 0.3 is 0 Å². The van der Waals surface area contributed by atoms with Gasteiger partial charge in [-0.15, -0.1) is 0 Å². The van der Waals surface area contributed by atoms with Crippen molar-refractivity contribution in [2.75, 3.05) is 6.61 Å². The topological polar surface area (TPSA) is 110 Å². The van der Waals surface area contributed by atoms with Gasteiger partial charge in [0.05, 0.1) is 18.8 Å². The van der Waals surface area contributed by atoms with Gasteiger partial charge in [-0.2, -0.15) is 0 Å². The Kier molecular flexibility index (Phi) is 46.9. The average Bonchev–Trinajstić information content (AvgIpc) is 3.25. The van der Waals surface area contributed by atoms with E-state index in [9.17, 15) is 25.2 Å². The van der Waals surface area contributed by atoms with Crippen molar-refractivity contribution in [2.45, 2.75) is 282 Å². The molecule has 0 aliphatic heterocycles. The Morgan fingerprint density at radius 1 is 0.433 bits per heavy atom. The second-order valence-corrected chi connectivity index (χ2v) is 17.9. The fourth-order valence-corrected chi connectivity index (χ4v) is 7.97. The molecule has 0 bridgehead atoms. The van der Waals surface area contributed by atoms with E-state index in [1.165, 1.54) is 173 Å². The number of rotatable bonds is 47. The molecule has 0 aromatic heterocycles. The monoisotopic (exact) mass is 844 g/mol. The molecular formula is C54H101NO5. The van der Waals surface area contributed by atoms with Gasteiger partial charge < -0.3 is 25.7 Å². The first-order chi connectivity index (χ1) is 29.5. The number of nitrogens with one attached hydrogen (secondary N) is 1. The summed E-state index contributed by atoms with van der Waals surface area (Å²) in [6, 6.07) is -1.01. The zero-order chi connectivity index (χ0) is 43.8. The molecule has 0 saturated carbocycles. The first-order valence-corrected chi connectivity index (χ1v) is 26.0. The maximum Gasteiger partial charge on any atom is 0.249 e. The fraction of sp³-hybridized carbons (Fsp3) is 0.833. The van der Waals surface area contributed by atoms with Gasteiger partial charge in [-0.05, 0) is 84.0 Å². The molecule has 352 valence electrons. The molecule has 0 aromatic rings. The lowest BCUT2D eigenvalue weighted by Gasteiger charge is -2.27. The molecule has 0 rings (SSSR count). The van der Waals surface area contributed by atoms with Gasteiger partial charge in [0.25, 0.3) is 0 Å². The van der Waals surface area contributed by atoms with Crippen LogP contribution in [-0.2, 0) is 4.79 Å². The highest BCUT2D eigenvalue weighted by molar-refractivity contribution is 5.80. The number of carbonyl (C=O) groups excluding carboxylic acids is 1. The highest BCUT2D eigenvalue weighted by atomic mass is 16.3. The summed E-state index contributed by atoms with van der Waals surface area (Å²) in [5, 5.41) is 43.7. The van der Waals surface area contributed by atoms with E-state index in [1.54, 1.807) is 0 Å². The summed E-state index contributed by atoms with van der Waals surface area (Å²) in [6.45, 7) is 3.83. The minimum absolute atomic E-state index is 0.359. The van der Waals surface area contributed by atoms with Crippen LogP contribution in [0.2, 0.25) is 0 Å². The van der Waals surface area contributed by atoms with Crippen LogP contribution < -0.4 is 5.32 Å². The molecule has 0 aliphatic rings. The van der Waals surface area contributed by atoms with E-state index in [2.05, 4.69) is 60.8 Å². The quantitative estimate of drug-likeness (QED) is 0.0310. The molecule has 0 heterocycles. The summed E-state index contributed by atoms with van der Waals surface area (Å²) in [7, 11) is 0. The number of allylic oxidation sites excluding steroid dienone is 8. The summed E-state index contributed by atoms with van der Waals surface area (Å²) >= 11 is 0.